The van der Waals surface area contributed by atoms with Gasteiger partial charge in [0.15, 0.2) is 0 Å². The van der Waals surface area contributed by atoms with E-state index in [-0.39, 0.29) is 6.04 Å². The van der Waals surface area contributed by atoms with Gasteiger partial charge in [-0.15, -0.1) is 0 Å². The normalized spacial score (nSPS) is 21.7. The third-order valence-corrected chi connectivity index (χ3v) is 4.17. The fourth-order valence-corrected chi connectivity index (χ4v) is 3.07. The number of hydrogen-bond donors (Lipinski definition) is 2. The molecule has 112 valence electrons. The number of hydrogen-bond acceptors (Lipinski definition) is 6. The second-order valence-electron chi connectivity index (χ2n) is 5.63. The summed E-state index contributed by atoms with van der Waals surface area (Å²) in [6.07, 6.45) is 2.39. The summed E-state index contributed by atoms with van der Waals surface area (Å²) in [6, 6.07) is 2.50. The van der Waals surface area contributed by atoms with Gasteiger partial charge in [0, 0.05) is 44.2 Å². The van der Waals surface area contributed by atoms with Crippen LogP contribution < -0.4 is 15.5 Å². The number of fused-ring (bicyclic) bond motifs is 1. The van der Waals surface area contributed by atoms with E-state index in [1.165, 1.54) is 5.56 Å². The van der Waals surface area contributed by atoms with Crippen LogP contribution in [0, 0.1) is 11.3 Å². The van der Waals surface area contributed by atoms with Gasteiger partial charge in [-0.1, -0.05) is 6.92 Å². The van der Waals surface area contributed by atoms with Crippen molar-refractivity contribution in [2.45, 2.75) is 38.8 Å². The summed E-state index contributed by atoms with van der Waals surface area (Å²) >= 11 is 0. The fraction of sp³-hybridized carbons (Fsp3) is 0.667. The molecule has 0 aliphatic carbocycles. The molecule has 0 spiro atoms. The maximum atomic E-state index is 8.91. The Balaban J connectivity index is 1.91. The van der Waals surface area contributed by atoms with Crippen LogP contribution in [0.4, 0.5) is 5.82 Å². The van der Waals surface area contributed by atoms with Crippen LogP contribution in [0.25, 0.3) is 0 Å². The first-order valence-electron chi connectivity index (χ1n) is 7.76. The molecule has 0 aromatic carbocycles. The Bertz CT molecular complexity index is 550. The molecule has 1 atom stereocenters. The number of anilines is 1. The molecule has 1 unspecified atom stereocenters. The molecule has 0 saturated carbocycles. The number of nitrogens with one attached hydrogen (secondary N) is 2. The molecule has 3 heterocycles. The molecule has 1 aromatic rings. The van der Waals surface area contributed by atoms with Crippen molar-refractivity contribution < 1.29 is 0 Å². The summed E-state index contributed by atoms with van der Waals surface area (Å²) in [5.41, 5.74) is 2.45. The quantitative estimate of drug-likeness (QED) is 0.836. The lowest BCUT2D eigenvalue weighted by atomic mass is 10.0. The molecule has 0 amide bonds. The van der Waals surface area contributed by atoms with E-state index in [1.807, 2.05) is 0 Å². The zero-order valence-corrected chi connectivity index (χ0v) is 12.5. The second-order valence-corrected chi connectivity index (χ2v) is 5.63. The van der Waals surface area contributed by atoms with Gasteiger partial charge in [0.1, 0.15) is 11.6 Å². The molecule has 2 aliphatic heterocycles. The molecular weight excluding hydrogens is 264 g/mol. The minimum Gasteiger partial charge on any atom is -0.353 e. The van der Waals surface area contributed by atoms with Crippen molar-refractivity contribution in [3.05, 3.63) is 17.1 Å². The van der Waals surface area contributed by atoms with E-state index in [9.17, 15) is 0 Å². The van der Waals surface area contributed by atoms with Gasteiger partial charge < -0.3 is 15.5 Å². The first-order valence-corrected chi connectivity index (χ1v) is 7.76. The highest BCUT2D eigenvalue weighted by molar-refractivity contribution is 5.51. The number of aryl methyl sites for hydroxylation is 1. The Morgan fingerprint density at radius 3 is 3.10 bits per heavy atom. The van der Waals surface area contributed by atoms with Crippen LogP contribution in [0.3, 0.4) is 0 Å². The summed E-state index contributed by atoms with van der Waals surface area (Å²) in [5.74, 6) is 2.02. The van der Waals surface area contributed by atoms with Crippen molar-refractivity contribution in [1.82, 2.24) is 20.6 Å². The SMILES string of the molecule is CCc1nc2c(c(N3CCNC(CC#N)C3)n1)CCNC2. The van der Waals surface area contributed by atoms with E-state index < -0.39 is 0 Å². The predicted molar refractivity (Wildman–Crippen MR) is 81.1 cm³/mol. The summed E-state index contributed by atoms with van der Waals surface area (Å²) < 4.78 is 0. The standard InChI is InChI=1S/C15H22N6/c1-2-14-19-13-9-17-6-4-12(13)15(20-14)21-8-7-18-11(10-21)3-5-16/h11,17-18H,2-4,6-10H2,1H3. The maximum Gasteiger partial charge on any atom is 0.135 e. The van der Waals surface area contributed by atoms with Crippen LogP contribution in [0.1, 0.15) is 30.4 Å². The third-order valence-electron chi connectivity index (χ3n) is 4.17. The molecule has 6 nitrogen and oxygen atoms in total. The van der Waals surface area contributed by atoms with Crippen LogP contribution in [-0.2, 0) is 19.4 Å². The highest BCUT2D eigenvalue weighted by Crippen LogP contribution is 2.25. The van der Waals surface area contributed by atoms with Gasteiger partial charge in [0.25, 0.3) is 0 Å². The minimum atomic E-state index is 0.237. The lowest BCUT2D eigenvalue weighted by molar-refractivity contribution is 0.458. The molecule has 21 heavy (non-hydrogen) atoms. The first-order chi connectivity index (χ1) is 10.3. The van der Waals surface area contributed by atoms with Crippen LogP contribution in [0.5, 0.6) is 0 Å². The molecule has 1 aromatic heterocycles. The van der Waals surface area contributed by atoms with E-state index in [1.54, 1.807) is 0 Å². The van der Waals surface area contributed by atoms with Crippen LogP contribution >= 0.6 is 0 Å². The number of nitrogens with zero attached hydrogens (tertiary/aromatic N) is 4. The number of piperazine rings is 1. The summed E-state index contributed by atoms with van der Waals surface area (Å²) in [5, 5.41) is 15.7. The molecule has 3 rings (SSSR count). The molecule has 1 saturated heterocycles. The summed E-state index contributed by atoms with van der Waals surface area (Å²) in [6.45, 7) is 6.63. The third kappa shape index (κ3) is 2.99. The predicted octanol–water partition coefficient (Wildman–Crippen LogP) is 0.377. The Morgan fingerprint density at radius 1 is 1.38 bits per heavy atom. The first kappa shape index (κ1) is 14.2. The topological polar surface area (TPSA) is 76.9 Å². The lowest BCUT2D eigenvalue weighted by Crippen LogP contribution is -2.51. The summed E-state index contributed by atoms with van der Waals surface area (Å²) in [7, 11) is 0. The smallest absolute Gasteiger partial charge is 0.135 e. The van der Waals surface area contributed by atoms with Crippen molar-refractivity contribution in [2.75, 3.05) is 31.1 Å². The Hall–Kier alpha value is -1.71. The van der Waals surface area contributed by atoms with E-state index >= 15 is 0 Å². The second kappa shape index (κ2) is 6.37. The highest BCUT2D eigenvalue weighted by atomic mass is 15.3. The van der Waals surface area contributed by atoms with Crippen LogP contribution in [0.2, 0.25) is 0 Å². The van der Waals surface area contributed by atoms with Crippen molar-refractivity contribution in [3.63, 3.8) is 0 Å². The highest BCUT2D eigenvalue weighted by Gasteiger charge is 2.25. The van der Waals surface area contributed by atoms with E-state index in [0.717, 1.165) is 62.9 Å². The van der Waals surface area contributed by atoms with Crippen molar-refractivity contribution in [2.24, 2.45) is 0 Å². The average Bonchev–Trinajstić information content (AvgIpc) is 2.54. The summed E-state index contributed by atoms with van der Waals surface area (Å²) in [4.78, 5) is 11.8. The number of aromatic nitrogens is 2. The van der Waals surface area contributed by atoms with Gasteiger partial charge in [0.05, 0.1) is 18.2 Å². The van der Waals surface area contributed by atoms with Crippen LogP contribution in [-0.4, -0.2) is 42.2 Å². The minimum absolute atomic E-state index is 0.237. The van der Waals surface area contributed by atoms with E-state index in [2.05, 4.69) is 33.5 Å². The van der Waals surface area contributed by atoms with E-state index in [4.69, 9.17) is 10.2 Å². The van der Waals surface area contributed by atoms with Gasteiger partial charge in [-0.05, 0) is 13.0 Å². The molecule has 0 bridgehead atoms. The zero-order valence-electron chi connectivity index (χ0n) is 12.5. The van der Waals surface area contributed by atoms with Gasteiger partial charge >= 0.3 is 0 Å². The van der Waals surface area contributed by atoms with Crippen molar-refractivity contribution in [3.8, 4) is 6.07 Å². The number of rotatable bonds is 3. The van der Waals surface area contributed by atoms with Gasteiger partial charge in [0.2, 0.25) is 0 Å². The zero-order chi connectivity index (χ0) is 14.7. The fourth-order valence-electron chi connectivity index (χ4n) is 3.07. The molecule has 6 heteroatoms. The maximum absolute atomic E-state index is 8.91. The largest absolute Gasteiger partial charge is 0.353 e. The average molecular weight is 286 g/mol. The van der Waals surface area contributed by atoms with Crippen molar-refractivity contribution in [1.29, 1.82) is 5.26 Å². The molecular formula is C15H22N6. The van der Waals surface area contributed by atoms with Crippen molar-refractivity contribution >= 4 is 5.82 Å². The Morgan fingerprint density at radius 2 is 2.29 bits per heavy atom. The Kier molecular flexibility index (Phi) is 4.32. The lowest BCUT2D eigenvalue weighted by Gasteiger charge is -2.35. The molecule has 2 N–H and O–H groups in total. The van der Waals surface area contributed by atoms with Gasteiger partial charge in [-0.3, -0.25) is 0 Å². The monoisotopic (exact) mass is 286 g/mol. The number of nitriles is 1. The van der Waals surface area contributed by atoms with Crippen LogP contribution in [0.15, 0.2) is 0 Å². The Labute approximate surface area is 125 Å². The molecule has 2 aliphatic rings. The van der Waals surface area contributed by atoms with E-state index in [0.29, 0.717) is 6.42 Å². The molecule has 1 fully saturated rings. The molecule has 0 radical (unpaired) electrons. The van der Waals surface area contributed by atoms with Gasteiger partial charge in [-0.25, -0.2) is 9.97 Å². The van der Waals surface area contributed by atoms with Gasteiger partial charge in [-0.2, -0.15) is 5.26 Å².